The van der Waals surface area contributed by atoms with Gasteiger partial charge in [-0.25, -0.2) is 0 Å². The van der Waals surface area contributed by atoms with E-state index in [9.17, 15) is 4.79 Å². The average Bonchev–Trinajstić information content (AvgIpc) is 2.53. The summed E-state index contributed by atoms with van der Waals surface area (Å²) >= 11 is 0. The molecule has 1 aromatic rings. The number of hydrogen-bond donors (Lipinski definition) is 2. The molecule has 0 aliphatic carbocycles. The van der Waals surface area contributed by atoms with Crippen molar-refractivity contribution in [3.8, 4) is 0 Å². The SMILES string of the molecule is Cc1ccc(C2OCCCC2CNC(=O)[C@@H](N)CC(C)C)cc1.Cl. The molecular weight excluding hydrogens is 324 g/mol. The molecule has 4 nitrogen and oxygen atoms in total. The Kier molecular flexibility index (Phi) is 8.74. The maximum absolute atomic E-state index is 12.1. The Morgan fingerprint density at radius 3 is 2.62 bits per heavy atom. The Bertz CT molecular complexity index is 505. The van der Waals surface area contributed by atoms with E-state index in [0.717, 1.165) is 19.4 Å². The molecule has 1 amide bonds. The first kappa shape index (κ1) is 20.9. The molecular formula is C19H31ClN2O2. The maximum Gasteiger partial charge on any atom is 0.236 e. The zero-order valence-electron chi connectivity index (χ0n) is 15.0. The molecule has 0 saturated carbocycles. The first-order valence-corrected chi connectivity index (χ1v) is 8.69. The fourth-order valence-corrected chi connectivity index (χ4v) is 3.15. The van der Waals surface area contributed by atoms with Gasteiger partial charge in [0, 0.05) is 19.1 Å². The number of carbonyl (C=O) groups is 1. The summed E-state index contributed by atoms with van der Waals surface area (Å²) in [6, 6.07) is 8.07. The van der Waals surface area contributed by atoms with Crippen molar-refractivity contribution < 1.29 is 9.53 Å². The van der Waals surface area contributed by atoms with Gasteiger partial charge in [-0.1, -0.05) is 43.7 Å². The van der Waals surface area contributed by atoms with Crippen LogP contribution in [0.2, 0.25) is 0 Å². The quantitative estimate of drug-likeness (QED) is 0.823. The lowest BCUT2D eigenvalue weighted by Crippen LogP contribution is -2.44. The van der Waals surface area contributed by atoms with Crippen LogP contribution in [-0.4, -0.2) is 25.1 Å². The minimum absolute atomic E-state index is 0. The summed E-state index contributed by atoms with van der Waals surface area (Å²) in [4.78, 5) is 12.1. The summed E-state index contributed by atoms with van der Waals surface area (Å²) in [5.74, 6) is 0.683. The fourth-order valence-electron chi connectivity index (χ4n) is 3.15. The molecule has 1 fully saturated rings. The molecule has 136 valence electrons. The van der Waals surface area contributed by atoms with Crippen LogP contribution in [0.1, 0.15) is 50.3 Å². The summed E-state index contributed by atoms with van der Waals surface area (Å²) < 4.78 is 5.99. The Balaban J connectivity index is 0.00000288. The summed E-state index contributed by atoms with van der Waals surface area (Å²) in [6.07, 6.45) is 2.89. The second-order valence-electron chi connectivity index (χ2n) is 7.09. The Hall–Kier alpha value is -1.10. The van der Waals surface area contributed by atoms with Gasteiger partial charge < -0.3 is 15.8 Å². The van der Waals surface area contributed by atoms with Gasteiger partial charge in [0.05, 0.1) is 12.1 Å². The normalized spacial score (nSPS) is 21.9. The van der Waals surface area contributed by atoms with Gasteiger partial charge in [0.15, 0.2) is 0 Å². The Morgan fingerprint density at radius 2 is 2.00 bits per heavy atom. The number of carbonyl (C=O) groups excluding carboxylic acids is 1. The van der Waals surface area contributed by atoms with Crippen LogP contribution < -0.4 is 11.1 Å². The number of halogens is 1. The number of benzene rings is 1. The van der Waals surface area contributed by atoms with Gasteiger partial charge in [0.1, 0.15) is 0 Å². The molecule has 1 aliphatic heterocycles. The monoisotopic (exact) mass is 354 g/mol. The molecule has 1 heterocycles. The number of rotatable bonds is 6. The van der Waals surface area contributed by atoms with Crippen LogP contribution in [0.15, 0.2) is 24.3 Å². The van der Waals surface area contributed by atoms with Crippen molar-refractivity contribution >= 4 is 18.3 Å². The largest absolute Gasteiger partial charge is 0.373 e. The van der Waals surface area contributed by atoms with Gasteiger partial charge in [0.2, 0.25) is 5.91 Å². The van der Waals surface area contributed by atoms with Crippen molar-refractivity contribution in [3.05, 3.63) is 35.4 Å². The molecule has 3 atom stereocenters. The molecule has 1 saturated heterocycles. The fraction of sp³-hybridized carbons (Fsp3) is 0.632. The number of ether oxygens (including phenoxy) is 1. The van der Waals surface area contributed by atoms with E-state index in [1.807, 2.05) is 0 Å². The number of amides is 1. The third-order valence-corrected chi connectivity index (χ3v) is 4.45. The first-order valence-electron chi connectivity index (χ1n) is 8.69. The van der Waals surface area contributed by atoms with Gasteiger partial charge in [-0.15, -0.1) is 12.4 Å². The highest BCUT2D eigenvalue weighted by atomic mass is 35.5. The van der Waals surface area contributed by atoms with E-state index in [1.54, 1.807) is 0 Å². The van der Waals surface area contributed by atoms with Crippen LogP contribution in [0.3, 0.4) is 0 Å². The minimum atomic E-state index is -0.419. The van der Waals surface area contributed by atoms with Crippen LogP contribution in [0.4, 0.5) is 0 Å². The highest BCUT2D eigenvalue weighted by molar-refractivity contribution is 5.85. The standard InChI is InChI=1S/C19H30N2O2.ClH/c1-13(2)11-17(20)19(22)21-12-16-5-4-10-23-18(16)15-8-6-14(3)7-9-15;/h6-9,13,16-18H,4-5,10-12,20H2,1-3H3,(H,21,22);1H/t16?,17-,18?;/m0./s1. The van der Waals surface area contributed by atoms with Gasteiger partial charge in [-0.3, -0.25) is 4.79 Å². The molecule has 1 aliphatic rings. The van der Waals surface area contributed by atoms with E-state index in [-0.39, 0.29) is 24.4 Å². The molecule has 0 spiro atoms. The zero-order chi connectivity index (χ0) is 16.8. The van der Waals surface area contributed by atoms with E-state index >= 15 is 0 Å². The van der Waals surface area contributed by atoms with E-state index < -0.39 is 6.04 Å². The molecule has 0 radical (unpaired) electrons. The molecule has 0 bridgehead atoms. The van der Waals surface area contributed by atoms with Crippen molar-refractivity contribution in [1.82, 2.24) is 5.32 Å². The lowest BCUT2D eigenvalue weighted by Gasteiger charge is -2.32. The average molecular weight is 355 g/mol. The third kappa shape index (κ3) is 6.08. The minimum Gasteiger partial charge on any atom is -0.373 e. The number of aryl methyl sites for hydroxylation is 1. The third-order valence-electron chi connectivity index (χ3n) is 4.45. The molecule has 2 unspecified atom stereocenters. The van der Waals surface area contributed by atoms with Crippen molar-refractivity contribution in [1.29, 1.82) is 0 Å². The zero-order valence-corrected chi connectivity index (χ0v) is 15.8. The van der Waals surface area contributed by atoms with Crippen LogP contribution in [0.5, 0.6) is 0 Å². The van der Waals surface area contributed by atoms with Crippen molar-refractivity contribution in [2.45, 2.75) is 52.2 Å². The first-order chi connectivity index (χ1) is 11.0. The van der Waals surface area contributed by atoms with Gasteiger partial charge in [-0.2, -0.15) is 0 Å². The topological polar surface area (TPSA) is 64.3 Å². The van der Waals surface area contributed by atoms with Crippen molar-refractivity contribution in [2.24, 2.45) is 17.6 Å². The molecule has 1 aromatic carbocycles. The van der Waals surface area contributed by atoms with Crippen LogP contribution >= 0.6 is 12.4 Å². The predicted molar refractivity (Wildman–Crippen MR) is 100 cm³/mol. The van der Waals surface area contributed by atoms with E-state index in [4.69, 9.17) is 10.5 Å². The highest BCUT2D eigenvalue weighted by Gasteiger charge is 2.28. The summed E-state index contributed by atoms with van der Waals surface area (Å²) in [5.41, 5.74) is 8.39. The number of hydrogen-bond acceptors (Lipinski definition) is 3. The smallest absolute Gasteiger partial charge is 0.236 e. The van der Waals surface area contributed by atoms with Crippen molar-refractivity contribution in [2.75, 3.05) is 13.2 Å². The van der Waals surface area contributed by atoms with E-state index in [2.05, 4.69) is 50.4 Å². The predicted octanol–water partition coefficient (Wildman–Crippen LogP) is 3.37. The highest BCUT2D eigenvalue weighted by Crippen LogP contribution is 2.33. The molecule has 24 heavy (non-hydrogen) atoms. The molecule has 0 aromatic heterocycles. The van der Waals surface area contributed by atoms with Gasteiger partial charge in [0.25, 0.3) is 0 Å². The second kappa shape index (κ2) is 10.0. The van der Waals surface area contributed by atoms with Crippen molar-refractivity contribution in [3.63, 3.8) is 0 Å². The summed E-state index contributed by atoms with van der Waals surface area (Å²) in [6.45, 7) is 7.66. The van der Waals surface area contributed by atoms with Gasteiger partial charge in [-0.05, 0) is 37.7 Å². The van der Waals surface area contributed by atoms with E-state index in [1.165, 1.54) is 11.1 Å². The lowest BCUT2D eigenvalue weighted by atomic mass is 9.89. The molecule has 3 N–H and O–H groups in total. The molecule has 2 rings (SSSR count). The number of nitrogens with one attached hydrogen (secondary N) is 1. The lowest BCUT2D eigenvalue weighted by molar-refractivity contribution is -0.123. The Morgan fingerprint density at radius 1 is 1.33 bits per heavy atom. The van der Waals surface area contributed by atoms with Crippen LogP contribution in [-0.2, 0) is 9.53 Å². The van der Waals surface area contributed by atoms with Crippen LogP contribution in [0.25, 0.3) is 0 Å². The summed E-state index contributed by atoms with van der Waals surface area (Å²) in [7, 11) is 0. The Labute approximate surface area is 151 Å². The van der Waals surface area contributed by atoms with Crippen LogP contribution in [0, 0.1) is 18.8 Å². The second-order valence-corrected chi connectivity index (χ2v) is 7.09. The van der Waals surface area contributed by atoms with E-state index in [0.29, 0.717) is 24.8 Å². The van der Waals surface area contributed by atoms with Gasteiger partial charge >= 0.3 is 0 Å². The number of nitrogens with two attached hydrogens (primary N) is 1. The summed E-state index contributed by atoms with van der Waals surface area (Å²) in [5, 5.41) is 3.02. The molecule has 5 heteroatoms. The maximum atomic E-state index is 12.1.